The lowest BCUT2D eigenvalue weighted by molar-refractivity contribution is -0.118. The molecule has 1 aliphatic rings. The number of hydrogen-bond donors (Lipinski definition) is 1. The standard InChI is InChI=1S/C16H26N2OS/c1-16(2,3)14-11-20-15(18-14)9-13(19)7-6-12-5-4-8-17-10-12/h11-12,17H,4-10H2,1-3H3. The van der Waals surface area contributed by atoms with Gasteiger partial charge in [0, 0.05) is 17.2 Å². The van der Waals surface area contributed by atoms with Crippen LogP contribution in [-0.4, -0.2) is 23.9 Å². The fraction of sp³-hybridized carbons (Fsp3) is 0.750. The SMILES string of the molecule is CC(C)(C)c1csc(CC(=O)CCC2CCCNC2)n1. The lowest BCUT2D eigenvalue weighted by Gasteiger charge is -2.22. The van der Waals surface area contributed by atoms with Crippen LogP contribution in [0.3, 0.4) is 0 Å². The van der Waals surface area contributed by atoms with E-state index in [0.717, 1.165) is 30.2 Å². The molecule has 1 N–H and O–H groups in total. The number of hydrogen-bond acceptors (Lipinski definition) is 4. The number of nitrogens with zero attached hydrogens (tertiary/aromatic N) is 1. The third-order valence-corrected chi connectivity index (χ3v) is 4.75. The van der Waals surface area contributed by atoms with Crippen molar-refractivity contribution in [3.05, 3.63) is 16.1 Å². The molecule has 2 heterocycles. The summed E-state index contributed by atoms with van der Waals surface area (Å²) in [5.41, 5.74) is 1.17. The summed E-state index contributed by atoms with van der Waals surface area (Å²) in [6.45, 7) is 8.69. The van der Waals surface area contributed by atoms with Crippen LogP contribution in [0.1, 0.15) is 57.2 Å². The summed E-state index contributed by atoms with van der Waals surface area (Å²) in [5, 5.41) is 6.47. The molecule has 1 atom stereocenters. The Morgan fingerprint density at radius 1 is 1.50 bits per heavy atom. The Labute approximate surface area is 126 Å². The van der Waals surface area contributed by atoms with Gasteiger partial charge in [-0.25, -0.2) is 4.98 Å². The maximum absolute atomic E-state index is 12.1. The van der Waals surface area contributed by atoms with Gasteiger partial charge in [0.2, 0.25) is 0 Å². The summed E-state index contributed by atoms with van der Waals surface area (Å²) in [4.78, 5) is 16.7. The van der Waals surface area contributed by atoms with Gasteiger partial charge in [-0.3, -0.25) is 4.79 Å². The Morgan fingerprint density at radius 2 is 2.30 bits per heavy atom. The van der Waals surface area contributed by atoms with Gasteiger partial charge in [0.15, 0.2) is 0 Å². The fourth-order valence-corrected chi connectivity index (χ4v) is 3.58. The first-order valence-corrected chi connectivity index (χ1v) is 8.50. The van der Waals surface area contributed by atoms with Crippen LogP contribution in [0, 0.1) is 5.92 Å². The minimum Gasteiger partial charge on any atom is -0.316 e. The molecule has 0 radical (unpaired) electrons. The van der Waals surface area contributed by atoms with Gasteiger partial charge < -0.3 is 5.32 Å². The minimum absolute atomic E-state index is 0.0750. The van der Waals surface area contributed by atoms with Gasteiger partial charge in [0.05, 0.1) is 12.1 Å². The lowest BCUT2D eigenvalue weighted by atomic mass is 9.93. The van der Waals surface area contributed by atoms with E-state index in [1.165, 1.54) is 12.8 Å². The average Bonchev–Trinajstić information content (AvgIpc) is 2.86. The fourth-order valence-electron chi connectivity index (χ4n) is 2.53. The van der Waals surface area contributed by atoms with E-state index in [4.69, 9.17) is 0 Å². The highest BCUT2D eigenvalue weighted by Gasteiger charge is 2.19. The topological polar surface area (TPSA) is 42.0 Å². The maximum atomic E-state index is 12.1. The number of aromatic nitrogens is 1. The molecule has 0 saturated carbocycles. The van der Waals surface area contributed by atoms with Crippen LogP contribution in [0.25, 0.3) is 0 Å². The van der Waals surface area contributed by atoms with Crippen molar-refractivity contribution in [2.24, 2.45) is 5.92 Å². The number of rotatable bonds is 5. The molecule has 1 unspecified atom stereocenters. The molecule has 112 valence electrons. The third kappa shape index (κ3) is 4.67. The van der Waals surface area contributed by atoms with Crippen molar-refractivity contribution in [3.63, 3.8) is 0 Å². The second-order valence-electron chi connectivity index (χ2n) is 6.84. The van der Waals surface area contributed by atoms with Gasteiger partial charge in [-0.05, 0) is 38.3 Å². The molecule has 1 saturated heterocycles. The van der Waals surface area contributed by atoms with E-state index in [1.807, 2.05) is 0 Å². The van der Waals surface area contributed by atoms with E-state index in [-0.39, 0.29) is 5.41 Å². The van der Waals surface area contributed by atoms with Gasteiger partial charge in [-0.1, -0.05) is 20.8 Å². The van der Waals surface area contributed by atoms with E-state index in [9.17, 15) is 4.79 Å². The molecule has 1 aliphatic heterocycles. The Hall–Kier alpha value is -0.740. The first kappa shape index (κ1) is 15.6. The Morgan fingerprint density at radius 3 is 2.90 bits per heavy atom. The zero-order valence-electron chi connectivity index (χ0n) is 12.9. The highest BCUT2D eigenvalue weighted by Crippen LogP contribution is 2.24. The first-order chi connectivity index (χ1) is 9.45. The van der Waals surface area contributed by atoms with Crippen molar-refractivity contribution in [2.45, 2.75) is 58.3 Å². The van der Waals surface area contributed by atoms with E-state index in [0.29, 0.717) is 24.5 Å². The van der Waals surface area contributed by atoms with E-state index >= 15 is 0 Å². The highest BCUT2D eigenvalue weighted by molar-refractivity contribution is 7.09. The van der Waals surface area contributed by atoms with Crippen LogP contribution in [0.2, 0.25) is 0 Å². The van der Waals surface area contributed by atoms with Crippen LogP contribution in [0.4, 0.5) is 0 Å². The van der Waals surface area contributed by atoms with Crippen LogP contribution < -0.4 is 5.32 Å². The molecule has 3 nitrogen and oxygen atoms in total. The first-order valence-electron chi connectivity index (χ1n) is 7.62. The number of piperidine rings is 1. The van der Waals surface area contributed by atoms with Crippen molar-refractivity contribution >= 4 is 17.1 Å². The van der Waals surface area contributed by atoms with Gasteiger partial charge in [0.1, 0.15) is 10.8 Å². The second kappa shape index (κ2) is 6.81. The molecular weight excluding hydrogens is 268 g/mol. The smallest absolute Gasteiger partial charge is 0.139 e. The van der Waals surface area contributed by atoms with Crippen molar-refractivity contribution < 1.29 is 4.79 Å². The van der Waals surface area contributed by atoms with Crippen molar-refractivity contribution in [1.29, 1.82) is 0 Å². The molecular formula is C16H26N2OS. The Bertz CT molecular complexity index is 442. The summed E-state index contributed by atoms with van der Waals surface area (Å²) in [6, 6.07) is 0. The molecule has 4 heteroatoms. The number of thiazole rings is 1. The predicted molar refractivity (Wildman–Crippen MR) is 84.4 cm³/mol. The molecule has 1 aromatic heterocycles. The number of nitrogens with one attached hydrogen (secondary N) is 1. The van der Waals surface area contributed by atoms with Gasteiger partial charge in [-0.2, -0.15) is 0 Å². The average molecular weight is 294 g/mol. The number of carbonyl (C=O) groups is 1. The third-order valence-electron chi connectivity index (χ3n) is 3.90. The predicted octanol–water partition coefficient (Wildman–Crippen LogP) is 3.33. The monoisotopic (exact) mass is 294 g/mol. The van der Waals surface area contributed by atoms with Crippen LogP contribution in [-0.2, 0) is 16.6 Å². The Kier molecular flexibility index (Phi) is 5.33. The molecule has 0 amide bonds. The van der Waals surface area contributed by atoms with Crippen LogP contribution in [0.5, 0.6) is 0 Å². The molecule has 20 heavy (non-hydrogen) atoms. The number of carbonyl (C=O) groups excluding carboxylic acids is 1. The summed E-state index contributed by atoms with van der Waals surface area (Å²) < 4.78 is 0. The maximum Gasteiger partial charge on any atom is 0.139 e. The van der Waals surface area contributed by atoms with E-state index < -0.39 is 0 Å². The lowest BCUT2D eigenvalue weighted by Crippen LogP contribution is -2.30. The zero-order valence-corrected chi connectivity index (χ0v) is 13.7. The number of ketones is 1. The van der Waals surface area contributed by atoms with Crippen molar-refractivity contribution in [2.75, 3.05) is 13.1 Å². The quantitative estimate of drug-likeness (QED) is 0.905. The summed E-state index contributed by atoms with van der Waals surface area (Å²) in [6.07, 6.45) is 4.77. The largest absolute Gasteiger partial charge is 0.316 e. The molecule has 2 rings (SSSR count). The van der Waals surface area contributed by atoms with Gasteiger partial charge >= 0.3 is 0 Å². The normalized spacial score (nSPS) is 20.1. The Balaban J connectivity index is 1.77. The number of Topliss-reactive ketones (excluding diaryl/α,β-unsaturated/α-hetero) is 1. The molecule has 0 aromatic carbocycles. The molecule has 1 aromatic rings. The highest BCUT2D eigenvalue weighted by atomic mass is 32.1. The zero-order chi connectivity index (χ0) is 14.6. The summed E-state index contributed by atoms with van der Waals surface area (Å²) in [7, 11) is 0. The molecule has 1 fully saturated rings. The molecule has 0 spiro atoms. The van der Waals surface area contributed by atoms with Crippen LogP contribution in [0.15, 0.2) is 5.38 Å². The summed E-state index contributed by atoms with van der Waals surface area (Å²) in [5.74, 6) is 1.03. The van der Waals surface area contributed by atoms with E-state index in [2.05, 4.69) is 36.5 Å². The minimum atomic E-state index is 0.0750. The van der Waals surface area contributed by atoms with Gasteiger partial charge in [-0.15, -0.1) is 11.3 Å². The molecule has 0 aliphatic carbocycles. The second-order valence-corrected chi connectivity index (χ2v) is 7.79. The van der Waals surface area contributed by atoms with E-state index in [1.54, 1.807) is 11.3 Å². The summed E-state index contributed by atoms with van der Waals surface area (Å²) >= 11 is 1.62. The van der Waals surface area contributed by atoms with Crippen molar-refractivity contribution in [3.8, 4) is 0 Å². The van der Waals surface area contributed by atoms with Crippen molar-refractivity contribution in [1.82, 2.24) is 10.3 Å². The molecule has 0 bridgehead atoms. The van der Waals surface area contributed by atoms with Crippen LogP contribution >= 0.6 is 11.3 Å². The van der Waals surface area contributed by atoms with Gasteiger partial charge in [0.25, 0.3) is 0 Å².